The summed E-state index contributed by atoms with van der Waals surface area (Å²) in [7, 11) is 0. The highest BCUT2D eigenvalue weighted by Crippen LogP contribution is 2.39. The first-order valence-corrected chi connectivity index (χ1v) is 8.27. The van der Waals surface area contributed by atoms with Gasteiger partial charge in [0.15, 0.2) is 0 Å². The third-order valence-electron chi connectivity index (χ3n) is 4.86. The van der Waals surface area contributed by atoms with Crippen molar-refractivity contribution >= 4 is 18.1 Å². The van der Waals surface area contributed by atoms with E-state index >= 15 is 0 Å². The van der Waals surface area contributed by atoms with Gasteiger partial charge in [0.2, 0.25) is 5.91 Å². The summed E-state index contributed by atoms with van der Waals surface area (Å²) in [4.78, 5) is 38.2. The molecule has 5 heteroatoms. The molecular formula is C18H22N2O3. The Labute approximate surface area is 136 Å². The average molecular weight is 314 g/mol. The van der Waals surface area contributed by atoms with E-state index in [4.69, 9.17) is 0 Å². The Morgan fingerprint density at radius 3 is 2.35 bits per heavy atom. The van der Waals surface area contributed by atoms with E-state index in [0.717, 1.165) is 38.6 Å². The lowest BCUT2D eigenvalue weighted by Gasteiger charge is -2.47. The minimum absolute atomic E-state index is 0.0282. The molecule has 0 spiro atoms. The molecule has 1 saturated heterocycles. The molecule has 2 amide bonds. The number of rotatable bonds is 4. The number of carbonyl (C=O) groups excluding carboxylic acids is 3. The van der Waals surface area contributed by atoms with Crippen molar-refractivity contribution in [3.63, 3.8) is 0 Å². The number of nitrogens with one attached hydrogen (secondary N) is 1. The standard InChI is InChI=1S/C18H22N2O3/c21-13-14-11-18(12-14,17(23)20-9-5-2-6-10-20)19-16(22)15-7-3-1-4-8-15/h1,3-4,7-8,13-14H,2,5-6,9-12H2,(H,19,22). The van der Waals surface area contributed by atoms with E-state index in [1.165, 1.54) is 0 Å². The SMILES string of the molecule is O=CC1CC(NC(=O)c2ccccc2)(C(=O)N2CCCCC2)C1. The van der Waals surface area contributed by atoms with Crippen LogP contribution >= 0.6 is 0 Å². The first-order valence-electron chi connectivity index (χ1n) is 8.27. The fraction of sp³-hybridized carbons (Fsp3) is 0.500. The van der Waals surface area contributed by atoms with Crippen molar-refractivity contribution in [2.75, 3.05) is 13.1 Å². The molecule has 23 heavy (non-hydrogen) atoms. The summed E-state index contributed by atoms with van der Waals surface area (Å²) < 4.78 is 0. The summed E-state index contributed by atoms with van der Waals surface area (Å²) in [5, 5.41) is 2.92. The van der Waals surface area contributed by atoms with E-state index in [1.54, 1.807) is 24.3 Å². The molecule has 1 saturated carbocycles. The van der Waals surface area contributed by atoms with Crippen LogP contribution in [0.5, 0.6) is 0 Å². The number of aldehydes is 1. The second-order valence-corrected chi connectivity index (χ2v) is 6.56. The topological polar surface area (TPSA) is 66.5 Å². The Kier molecular flexibility index (Phi) is 4.46. The largest absolute Gasteiger partial charge is 0.341 e. The van der Waals surface area contributed by atoms with Gasteiger partial charge in [-0.05, 0) is 44.2 Å². The third-order valence-corrected chi connectivity index (χ3v) is 4.86. The minimum atomic E-state index is -0.907. The summed E-state index contributed by atoms with van der Waals surface area (Å²) >= 11 is 0. The maximum absolute atomic E-state index is 12.9. The molecule has 2 fully saturated rings. The van der Waals surface area contributed by atoms with E-state index in [-0.39, 0.29) is 17.7 Å². The maximum Gasteiger partial charge on any atom is 0.252 e. The van der Waals surface area contributed by atoms with Gasteiger partial charge >= 0.3 is 0 Å². The number of piperidine rings is 1. The van der Waals surface area contributed by atoms with E-state index in [2.05, 4.69) is 5.32 Å². The second kappa shape index (κ2) is 6.52. The van der Waals surface area contributed by atoms with Crippen LogP contribution in [0.4, 0.5) is 0 Å². The van der Waals surface area contributed by atoms with Crippen LogP contribution in [0.25, 0.3) is 0 Å². The zero-order valence-electron chi connectivity index (χ0n) is 13.2. The number of amides is 2. The van der Waals surface area contributed by atoms with Crippen molar-refractivity contribution in [1.82, 2.24) is 10.2 Å². The lowest BCUT2D eigenvalue weighted by Crippen LogP contribution is -2.66. The molecule has 0 bridgehead atoms. The highest BCUT2D eigenvalue weighted by atomic mass is 16.2. The molecule has 0 unspecified atom stereocenters. The average Bonchev–Trinajstić information content (AvgIpc) is 2.58. The van der Waals surface area contributed by atoms with Crippen molar-refractivity contribution in [3.8, 4) is 0 Å². The van der Waals surface area contributed by atoms with E-state index in [1.807, 2.05) is 11.0 Å². The van der Waals surface area contributed by atoms with Crippen LogP contribution in [0.3, 0.4) is 0 Å². The van der Waals surface area contributed by atoms with Gasteiger partial charge in [-0.1, -0.05) is 18.2 Å². The molecule has 122 valence electrons. The van der Waals surface area contributed by atoms with E-state index < -0.39 is 5.54 Å². The van der Waals surface area contributed by atoms with Crippen LogP contribution in [-0.2, 0) is 9.59 Å². The highest BCUT2D eigenvalue weighted by Gasteiger charge is 2.52. The van der Waals surface area contributed by atoms with Crippen molar-refractivity contribution < 1.29 is 14.4 Å². The molecule has 1 aliphatic carbocycles. The number of likely N-dealkylation sites (tertiary alicyclic amines) is 1. The molecule has 1 aromatic rings. The number of benzene rings is 1. The van der Waals surface area contributed by atoms with Gasteiger partial charge < -0.3 is 15.0 Å². The molecule has 1 aliphatic heterocycles. The molecule has 0 atom stereocenters. The lowest BCUT2D eigenvalue weighted by atomic mass is 9.67. The summed E-state index contributed by atoms with van der Waals surface area (Å²) in [5.74, 6) is -0.417. The van der Waals surface area contributed by atoms with Gasteiger partial charge in [-0.25, -0.2) is 0 Å². The van der Waals surface area contributed by atoms with Gasteiger partial charge in [-0.2, -0.15) is 0 Å². The van der Waals surface area contributed by atoms with Crippen LogP contribution in [-0.4, -0.2) is 41.6 Å². The van der Waals surface area contributed by atoms with Gasteiger partial charge in [0.05, 0.1) is 0 Å². The molecule has 1 heterocycles. The Hall–Kier alpha value is -2.17. The third kappa shape index (κ3) is 3.14. The van der Waals surface area contributed by atoms with Crippen LogP contribution in [0.15, 0.2) is 30.3 Å². The number of nitrogens with zero attached hydrogens (tertiary/aromatic N) is 1. The van der Waals surface area contributed by atoms with Crippen molar-refractivity contribution in [2.45, 2.75) is 37.6 Å². The van der Waals surface area contributed by atoms with Gasteiger partial charge in [0, 0.05) is 24.6 Å². The van der Waals surface area contributed by atoms with Gasteiger partial charge in [0.1, 0.15) is 11.8 Å². The molecular weight excluding hydrogens is 292 g/mol. The van der Waals surface area contributed by atoms with E-state index in [0.29, 0.717) is 18.4 Å². The number of carbonyl (C=O) groups is 3. The molecule has 0 aromatic heterocycles. The van der Waals surface area contributed by atoms with Crippen molar-refractivity contribution in [2.24, 2.45) is 5.92 Å². The van der Waals surface area contributed by atoms with E-state index in [9.17, 15) is 14.4 Å². The molecule has 1 N–H and O–H groups in total. The van der Waals surface area contributed by atoms with Crippen molar-refractivity contribution in [1.29, 1.82) is 0 Å². The lowest BCUT2D eigenvalue weighted by molar-refractivity contribution is -0.145. The summed E-state index contributed by atoms with van der Waals surface area (Å²) in [6.45, 7) is 1.49. The van der Waals surface area contributed by atoms with Gasteiger partial charge in [-0.15, -0.1) is 0 Å². The second-order valence-electron chi connectivity index (χ2n) is 6.56. The van der Waals surface area contributed by atoms with Gasteiger partial charge in [-0.3, -0.25) is 9.59 Å². The Bertz CT molecular complexity index is 588. The quantitative estimate of drug-likeness (QED) is 0.862. The monoisotopic (exact) mass is 314 g/mol. The minimum Gasteiger partial charge on any atom is -0.341 e. The molecule has 5 nitrogen and oxygen atoms in total. The van der Waals surface area contributed by atoms with Crippen LogP contribution in [0, 0.1) is 5.92 Å². The first-order chi connectivity index (χ1) is 11.1. The predicted molar refractivity (Wildman–Crippen MR) is 85.9 cm³/mol. The first kappa shape index (κ1) is 15.7. The summed E-state index contributed by atoms with van der Waals surface area (Å²) in [6, 6.07) is 8.89. The maximum atomic E-state index is 12.9. The zero-order valence-corrected chi connectivity index (χ0v) is 13.2. The van der Waals surface area contributed by atoms with Crippen LogP contribution < -0.4 is 5.32 Å². The van der Waals surface area contributed by atoms with Crippen LogP contribution in [0.1, 0.15) is 42.5 Å². The highest BCUT2D eigenvalue weighted by molar-refractivity contribution is 6.00. The number of hydrogen-bond acceptors (Lipinski definition) is 3. The fourth-order valence-corrected chi connectivity index (χ4v) is 3.54. The normalized spacial score (nSPS) is 27.0. The Morgan fingerprint density at radius 1 is 1.09 bits per heavy atom. The predicted octanol–water partition coefficient (Wildman–Crippen LogP) is 1.78. The fourth-order valence-electron chi connectivity index (χ4n) is 3.54. The Balaban J connectivity index is 1.76. The molecule has 0 radical (unpaired) electrons. The molecule has 3 rings (SSSR count). The zero-order chi connectivity index (χ0) is 16.3. The summed E-state index contributed by atoms with van der Waals surface area (Å²) in [6.07, 6.45) is 4.85. The van der Waals surface area contributed by atoms with Crippen molar-refractivity contribution in [3.05, 3.63) is 35.9 Å². The van der Waals surface area contributed by atoms with Gasteiger partial charge in [0.25, 0.3) is 5.91 Å². The Morgan fingerprint density at radius 2 is 1.74 bits per heavy atom. The number of hydrogen-bond donors (Lipinski definition) is 1. The molecule has 2 aliphatic rings. The molecule has 1 aromatic carbocycles. The summed E-state index contributed by atoms with van der Waals surface area (Å²) in [5.41, 5.74) is -0.372. The smallest absolute Gasteiger partial charge is 0.252 e. The van der Waals surface area contributed by atoms with Crippen LogP contribution in [0.2, 0.25) is 0 Å².